The van der Waals surface area contributed by atoms with Gasteiger partial charge in [0.25, 0.3) is 0 Å². The zero-order valence-corrected chi connectivity index (χ0v) is 13.6. The first-order valence-electron chi connectivity index (χ1n) is 7.91. The highest BCUT2D eigenvalue weighted by Crippen LogP contribution is 2.29. The van der Waals surface area contributed by atoms with Crippen molar-refractivity contribution in [2.45, 2.75) is 46.1 Å². The van der Waals surface area contributed by atoms with E-state index in [0.717, 1.165) is 30.5 Å². The molecule has 3 amide bonds. The van der Waals surface area contributed by atoms with E-state index < -0.39 is 12.1 Å². The molecule has 2 unspecified atom stereocenters. The summed E-state index contributed by atoms with van der Waals surface area (Å²) in [5.74, 6) is -0.0325. The molecule has 0 spiro atoms. The van der Waals surface area contributed by atoms with Crippen molar-refractivity contribution in [1.29, 1.82) is 0 Å². The summed E-state index contributed by atoms with van der Waals surface area (Å²) in [5, 5.41) is 2.62. The van der Waals surface area contributed by atoms with Gasteiger partial charge in [-0.15, -0.1) is 0 Å². The number of carbonyl (C=O) groups is 2. The van der Waals surface area contributed by atoms with Crippen LogP contribution in [0.25, 0.3) is 0 Å². The highest BCUT2D eigenvalue weighted by atomic mass is 16.2. The fraction of sp³-hybridized carbons (Fsp3) is 0.529. The van der Waals surface area contributed by atoms with Crippen molar-refractivity contribution in [3.05, 3.63) is 29.3 Å². The SMILES string of the molecule is CCC(C)C(NC(N)=O)C(=O)N1CCCc2ccc(C)cc21. The molecule has 1 aromatic carbocycles. The van der Waals surface area contributed by atoms with Crippen LogP contribution in [0.3, 0.4) is 0 Å². The van der Waals surface area contributed by atoms with Gasteiger partial charge in [0.15, 0.2) is 0 Å². The number of anilines is 1. The van der Waals surface area contributed by atoms with Gasteiger partial charge >= 0.3 is 6.03 Å². The number of urea groups is 1. The summed E-state index contributed by atoms with van der Waals surface area (Å²) in [6, 6.07) is 4.98. The lowest BCUT2D eigenvalue weighted by Crippen LogP contribution is -2.54. The predicted octanol–water partition coefficient (Wildman–Crippen LogP) is 2.36. The Morgan fingerprint density at radius 3 is 2.77 bits per heavy atom. The molecule has 0 radical (unpaired) electrons. The molecule has 5 heteroatoms. The lowest BCUT2D eigenvalue weighted by Gasteiger charge is -2.34. The Hall–Kier alpha value is -2.04. The van der Waals surface area contributed by atoms with E-state index >= 15 is 0 Å². The number of hydrogen-bond acceptors (Lipinski definition) is 2. The molecule has 2 atom stereocenters. The molecular formula is C17H25N3O2. The fourth-order valence-electron chi connectivity index (χ4n) is 2.92. The molecule has 1 aliphatic heterocycles. The Morgan fingerprint density at radius 2 is 2.14 bits per heavy atom. The number of rotatable bonds is 4. The van der Waals surface area contributed by atoms with Crippen molar-refractivity contribution in [3.63, 3.8) is 0 Å². The van der Waals surface area contributed by atoms with Crippen molar-refractivity contribution in [2.24, 2.45) is 11.7 Å². The summed E-state index contributed by atoms with van der Waals surface area (Å²) in [5.41, 5.74) is 8.53. The van der Waals surface area contributed by atoms with Crippen molar-refractivity contribution >= 4 is 17.6 Å². The van der Waals surface area contributed by atoms with Crippen LogP contribution >= 0.6 is 0 Å². The molecule has 120 valence electrons. The van der Waals surface area contributed by atoms with E-state index in [4.69, 9.17) is 5.73 Å². The normalized spacial score (nSPS) is 16.6. The van der Waals surface area contributed by atoms with Gasteiger partial charge in [-0.2, -0.15) is 0 Å². The third-order valence-electron chi connectivity index (χ3n) is 4.40. The standard InChI is InChI=1S/C17H25N3O2/c1-4-12(3)15(19-17(18)22)16(21)20-9-5-6-13-8-7-11(2)10-14(13)20/h7-8,10,12,15H,4-6,9H2,1-3H3,(H3,18,19,22). The quantitative estimate of drug-likeness (QED) is 0.896. The first kappa shape index (κ1) is 16.3. The summed E-state index contributed by atoms with van der Waals surface area (Å²) in [6.07, 6.45) is 2.72. The van der Waals surface area contributed by atoms with Gasteiger partial charge in [-0.1, -0.05) is 32.4 Å². The van der Waals surface area contributed by atoms with Crippen molar-refractivity contribution in [1.82, 2.24) is 5.32 Å². The largest absolute Gasteiger partial charge is 0.352 e. The summed E-state index contributed by atoms with van der Waals surface area (Å²) in [6.45, 7) is 6.66. The van der Waals surface area contributed by atoms with Gasteiger partial charge in [-0.05, 0) is 42.9 Å². The highest BCUT2D eigenvalue weighted by Gasteiger charge is 2.32. The highest BCUT2D eigenvalue weighted by molar-refractivity contribution is 6.00. The molecule has 0 aliphatic carbocycles. The van der Waals surface area contributed by atoms with E-state index in [2.05, 4.69) is 17.4 Å². The van der Waals surface area contributed by atoms with Crippen LogP contribution in [0.1, 0.15) is 37.8 Å². The average Bonchev–Trinajstić information content (AvgIpc) is 2.50. The number of nitrogens with zero attached hydrogens (tertiary/aromatic N) is 1. The van der Waals surface area contributed by atoms with E-state index in [9.17, 15) is 9.59 Å². The zero-order chi connectivity index (χ0) is 16.3. The molecule has 0 bridgehead atoms. The van der Waals surface area contributed by atoms with Crippen molar-refractivity contribution < 1.29 is 9.59 Å². The lowest BCUT2D eigenvalue weighted by atomic mass is 9.94. The van der Waals surface area contributed by atoms with Crippen molar-refractivity contribution in [3.8, 4) is 0 Å². The minimum atomic E-state index is -0.653. The minimum absolute atomic E-state index is 0.0372. The molecule has 0 aromatic heterocycles. The molecule has 5 nitrogen and oxygen atoms in total. The summed E-state index contributed by atoms with van der Waals surface area (Å²) >= 11 is 0. The minimum Gasteiger partial charge on any atom is -0.352 e. The fourth-order valence-corrected chi connectivity index (χ4v) is 2.92. The van der Waals surface area contributed by atoms with Crippen LogP contribution in [-0.4, -0.2) is 24.5 Å². The number of nitrogens with two attached hydrogens (primary N) is 1. The van der Waals surface area contributed by atoms with Crippen LogP contribution in [0.4, 0.5) is 10.5 Å². The number of hydrogen-bond donors (Lipinski definition) is 2. The molecule has 22 heavy (non-hydrogen) atoms. The van der Waals surface area contributed by atoms with Crippen LogP contribution < -0.4 is 16.0 Å². The summed E-state index contributed by atoms with van der Waals surface area (Å²) in [4.78, 5) is 26.0. The molecular weight excluding hydrogens is 278 g/mol. The van der Waals surface area contributed by atoms with E-state index in [0.29, 0.717) is 6.54 Å². The Bertz CT molecular complexity index is 571. The molecule has 1 aliphatic rings. The van der Waals surface area contributed by atoms with Gasteiger partial charge in [0.2, 0.25) is 5.91 Å². The maximum Gasteiger partial charge on any atom is 0.312 e. The maximum absolute atomic E-state index is 13.0. The van der Waals surface area contributed by atoms with Crippen LogP contribution in [0, 0.1) is 12.8 Å². The van der Waals surface area contributed by atoms with Gasteiger partial charge in [0.05, 0.1) is 0 Å². The third kappa shape index (κ3) is 3.40. The van der Waals surface area contributed by atoms with E-state index in [-0.39, 0.29) is 11.8 Å². The van der Waals surface area contributed by atoms with Gasteiger partial charge in [-0.25, -0.2) is 4.79 Å². The number of carbonyl (C=O) groups excluding carboxylic acids is 2. The molecule has 3 N–H and O–H groups in total. The maximum atomic E-state index is 13.0. The van der Waals surface area contributed by atoms with Gasteiger partial charge in [-0.3, -0.25) is 4.79 Å². The first-order chi connectivity index (χ1) is 10.4. The van der Waals surface area contributed by atoms with E-state index in [1.807, 2.05) is 26.8 Å². The van der Waals surface area contributed by atoms with Crippen LogP contribution in [0.2, 0.25) is 0 Å². The van der Waals surface area contributed by atoms with Gasteiger partial charge in [0, 0.05) is 12.2 Å². The topological polar surface area (TPSA) is 75.4 Å². The molecule has 1 heterocycles. The van der Waals surface area contributed by atoms with E-state index in [1.165, 1.54) is 5.56 Å². The number of aryl methyl sites for hydroxylation is 2. The Balaban J connectivity index is 2.32. The monoisotopic (exact) mass is 303 g/mol. The zero-order valence-electron chi connectivity index (χ0n) is 13.6. The Labute approximate surface area is 131 Å². The number of amides is 3. The van der Waals surface area contributed by atoms with Gasteiger partial charge in [0.1, 0.15) is 6.04 Å². The molecule has 0 saturated heterocycles. The van der Waals surface area contributed by atoms with Crippen LogP contribution in [0.15, 0.2) is 18.2 Å². The summed E-state index contributed by atoms with van der Waals surface area (Å²) in [7, 11) is 0. The number of fused-ring (bicyclic) bond motifs is 1. The Kier molecular flexibility index (Phi) is 5.06. The second-order valence-electron chi connectivity index (χ2n) is 6.10. The third-order valence-corrected chi connectivity index (χ3v) is 4.40. The van der Waals surface area contributed by atoms with Crippen LogP contribution in [-0.2, 0) is 11.2 Å². The molecule has 0 saturated carbocycles. The number of primary amides is 1. The second kappa shape index (κ2) is 6.81. The average molecular weight is 303 g/mol. The van der Waals surface area contributed by atoms with Gasteiger partial charge < -0.3 is 16.0 Å². The van der Waals surface area contributed by atoms with Crippen LogP contribution in [0.5, 0.6) is 0 Å². The van der Waals surface area contributed by atoms with E-state index in [1.54, 1.807) is 4.90 Å². The molecule has 0 fully saturated rings. The van der Waals surface area contributed by atoms with Crippen molar-refractivity contribution in [2.75, 3.05) is 11.4 Å². The summed E-state index contributed by atoms with van der Waals surface area (Å²) < 4.78 is 0. The predicted molar refractivity (Wildman–Crippen MR) is 87.8 cm³/mol. The number of benzene rings is 1. The first-order valence-corrected chi connectivity index (χ1v) is 7.91. The second-order valence-corrected chi connectivity index (χ2v) is 6.10. The molecule has 1 aromatic rings. The number of nitrogens with one attached hydrogen (secondary N) is 1. The lowest BCUT2D eigenvalue weighted by molar-refractivity contribution is -0.121. The smallest absolute Gasteiger partial charge is 0.312 e. The molecule has 2 rings (SSSR count). The Morgan fingerprint density at radius 1 is 1.41 bits per heavy atom.